The zero-order valence-electron chi connectivity index (χ0n) is 41.3. The van der Waals surface area contributed by atoms with Gasteiger partial charge >= 0.3 is 5.97 Å². The number of hydrogen-bond donors (Lipinski definition) is 4. The standard InChI is InChI=1S/C55H100O9/c1-3-5-7-9-11-13-15-17-19-21-23-25-26-28-30-32-34-36-38-40-42-44-51(57)63-49(48-62-55-54(60)53(59)52(58)50(46-56)64-55)47-61-45-43-41-39-37-35-33-31-29-27-24-22-20-18-16-14-12-10-8-6-4-2/h12,14-15,17-18,20-21,23,49-50,52-56,58-60H,3-11,13,16,19,22,24-48H2,1-2H3/b14-12-,17-15-,20-18-,23-21-. The summed E-state index contributed by atoms with van der Waals surface area (Å²) in [6.45, 7) is 4.54. The first kappa shape index (κ1) is 60.2. The molecule has 0 bridgehead atoms. The van der Waals surface area contributed by atoms with Crippen molar-refractivity contribution in [3.63, 3.8) is 0 Å². The van der Waals surface area contributed by atoms with Crippen LogP contribution < -0.4 is 0 Å². The van der Waals surface area contributed by atoms with Crippen molar-refractivity contribution in [3.8, 4) is 0 Å². The first-order chi connectivity index (χ1) is 31.4. The Kier molecular flexibility index (Phi) is 43.5. The van der Waals surface area contributed by atoms with Gasteiger partial charge in [0.2, 0.25) is 0 Å². The molecule has 1 heterocycles. The molecular weight excluding hydrogens is 805 g/mol. The summed E-state index contributed by atoms with van der Waals surface area (Å²) >= 11 is 0. The maximum absolute atomic E-state index is 12.9. The third-order valence-electron chi connectivity index (χ3n) is 12.2. The Balaban J connectivity index is 2.20. The molecule has 1 aliphatic rings. The van der Waals surface area contributed by atoms with Gasteiger partial charge in [-0.2, -0.15) is 0 Å². The van der Waals surface area contributed by atoms with Gasteiger partial charge in [-0.05, 0) is 77.0 Å². The number of rotatable bonds is 46. The summed E-state index contributed by atoms with van der Waals surface area (Å²) in [5, 5.41) is 40.3. The molecule has 9 nitrogen and oxygen atoms in total. The van der Waals surface area contributed by atoms with Crippen molar-refractivity contribution in [2.75, 3.05) is 26.4 Å². The molecule has 0 saturated carbocycles. The van der Waals surface area contributed by atoms with E-state index in [4.69, 9.17) is 18.9 Å². The lowest BCUT2D eigenvalue weighted by molar-refractivity contribution is -0.305. The highest BCUT2D eigenvalue weighted by molar-refractivity contribution is 5.69. The van der Waals surface area contributed by atoms with Gasteiger partial charge in [-0.25, -0.2) is 0 Å². The van der Waals surface area contributed by atoms with Gasteiger partial charge in [0.25, 0.3) is 0 Å². The fourth-order valence-corrected chi connectivity index (χ4v) is 8.02. The summed E-state index contributed by atoms with van der Waals surface area (Å²) in [5.41, 5.74) is 0. The van der Waals surface area contributed by atoms with E-state index in [1.165, 1.54) is 167 Å². The summed E-state index contributed by atoms with van der Waals surface area (Å²) in [5.74, 6) is -0.317. The van der Waals surface area contributed by atoms with Crippen LogP contribution in [0.2, 0.25) is 0 Å². The van der Waals surface area contributed by atoms with E-state index in [2.05, 4.69) is 62.5 Å². The average molecular weight is 905 g/mol. The minimum atomic E-state index is -1.54. The molecule has 6 atom stereocenters. The first-order valence-corrected chi connectivity index (χ1v) is 26.7. The van der Waals surface area contributed by atoms with Gasteiger partial charge in [-0.1, -0.05) is 197 Å². The molecule has 0 aromatic rings. The lowest BCUT2D eigenvalue weighted by Gasteiger charge is -2.39. The summed E-state index contributed by atoms with van der Waals surface area (Å²) in [4.78, 5) is 12.9. The number of allylic oxidation sites excluding steroid dienone is 8. The Morgan fingerprint density at radius 1 is 0.500 bits per heavy atom. The van der Waals surface area contributed by atoms with E-state index in [1.807, 2.05) is 0 Å². The van der Waals surface area contributed by atoms with Crippen LogP contribution in [0.5, 0.6) is 0 Å². The highest BCUT2D eigenvalue weighted by Gasteiger charge is 2.44. The largest absolute Gasteiger partial charge is 0.457 e. The summed E-state index contributed by atoms with van der Waals surface area (Å²) in [6, 6.07) is 0. The van der Waals surface area contributed by atoms with Crippen molar-refractivity contribution in [1.29, 1.82) is 0 Å². The van der Waals surface area contributed by atoms with E-state index in [1.54, 1.807) is 0 Å². The van der Waals surface area contributed by atoms with Crippen molar-refractivity contribution in [2.24, 2.45) is 0 Å². The lowest BCUT2D eigenvalue weighted by atomic mass is 9.99. The molecule has 6 unspecified atom stereocenters. The lowest BCUT2D eigenvalue weighted by Crippen LogP contribution is -2.59. The van der Waals surface area contributed by atoms with Crippen LogP contribution in [0.4, 0.5) is 0 Å². The number of unbranched alkanes of at least 4 members (excludes halogenated alkanes) is 27. The second-order valence-corrected chi connectivity index (χ2v) is 18.3. The Morgan fingerprint density at radius 2 is 0.906 bits per heavy atom. The van der Waals surface area contributed by atoms with Crippen molar-refractivity contribution in [1.82, 2.24) is 0 Å². The van der Waals surface area contributed by atoms with Crippen molar-refractivity contribution < 1.29 is 44.2 Å². The highest BCUT2D eigenvalue weighted by Crippen LogP contribution is 2.23. The first-order valence-electron chi connectivity index (χ1n) is 26.7. The number of aliphatic hydroxyl groups is 4. The molecule has 64 heavy (non-hydrogen) atoms. The zero-order valence-corrected chi connectivity index (χ0v) is 41.3. The van der Waals surface area contributed by atoms with Crippen LogP contribution in [0.15, 0.2) is 48.6 Å². The molecule has 4 N–H and O–H groups in total. The maximum Gasteiger partial charge on any atom is 0.306 e. The number of esters is 1. The van der Waals surface area contributed by atoms with E-state index in [0.29, 0.717) is 13.0 Å². The Labute approximate surface area is 392 Å². The van der Waals surface area contributed by atoms with E-state index in [0.717, 1.165) is 44.9 Å². The number of hydrogen-bond acceptors (Lipinski definition) is 9. The molecular formula is C55H100O9. The topological polar surface area (TPSA) is 135 Å². The van der Waals surface area contributed by atoms with Crippen molar-refractivity contribution in [2.45, 2.75) is 269 Å². The zero-order chi connectivity index (χ0) is 46.4. The molecule has 9 heteroatoms. The summed E-state index contributed by atoms with van der Waals surface area (Å²) in [6.07, 6.45) is 51.4. The van der Waals surface area contributed by atoms with Crippen LogP contribution in [0, 0.1) is 0 Å². The van der Waals surface area contributed by atoms with Crippen molar-refractivity contribution in [3.05, 3.63) is 48.6 Å². The molecule has 0 radical (unpaired) electrons. The van der Waals surface area contributed by atoms with E-state index >= 15 is 0 Å². The van der Waals surface area contributed by atoms with E-state index in [9.17, 15) is 25.2 Å². The number of carbonyl (C=O) groups is 1. The van der Waals surface area contributed by atoms with Gasteiger partial charge < -0.3 is 39.4 Å². The molecule has 1 aliphatic heterocycles. The monoisotopic (exact) mass is 905 g/mol. The quantitative estimate of drug-likeness (QED) is 0.0267. The normalized spacial score (nSPS) is 19.9. The average Bonchev–Trinajstić information content (AvgIpc) is 3.30. The minimum absolute atomic E-state index is 0.116. The van der Waals surface area contributed by atoms with Crippen LogP contribution >= 0.6 is 0 Å². The summed E-state index contributed by atoms with van der Waals surface area (Å²) < 4.78 is 22.9. The van der Waals surface area contributed by atoms with E-state index in [-0.39, 0.29) is 19.2 Å². The van der Waals surface area contributed by atoms with Gasteiger partial charge in [0.15, 0.2) is 6.29 Å². The predicted octanol–water partition coefficient (Wildman–Crippen LogP) is 13.3. The minimum Gasteiger partial charge on any atom is -0.457 e. The van der Waals surface area contributed by atoms with Crippen LogP contribution in [0.1, 0.15) is 232 Å². The molecule has 0 aromatic carbocycles. The molecule has 0 aromatic heterocycles. The molecule has 1 fully saturated rings. The second kappa shape index (κ2) is 46.3. The fourth-order valence-electron chi connectivity index (χ4n) is 8.02. The third-order valence-corrected chi connectivity index (χ3v) is 12.2. The van der Waals surface area contributed by atoms with Crippen LogP contribution in [0.25, 0.3) is 0 Å². The highest BCUT2D eigenvalue weighted by atomic mass is 16.7. The SMILES string of the molecule is CCCCC/C=C\C/C=C\CCCCCCCCCCCCOCC(COC1OC(CO)C(O)C(O)C1O)OC(=O)CCCCCCCCCCC/C=C\C/C=C\CCCCCCC. The van der Waals surface area contributed by atoms with E-state index < -0.39 is 43.4 Å². The maximum atomic E-state index is 12.9. The molecule has 374 valence electrons. The number of carbonyl (C=O) groups excluding carboxylic acids is 1. The second-order valence-electron chi connectivity index (χ2n) is 18.3. The molecule has 1 rings (SSSR count). The molecule has 1 saturated heterocycles. The van der Waals surface area contributed by atoms with Gasteiger partial charge in [0.1, 0.15) is 30.5 Å². The molecule has 0 amide bonds. The molecule has 0 aliphatic carbocycles. The summed E-state index contributed by atoms with van der Waals surface area (Å²) in [7, 11) is 0. The van der Waals surface area contributed by atoms with Crippen LogP contribution in [0.3, 0.4) is 0 Å². The Morgan fingerprint density at radius 3 is 1.38 bits per heavy atom. The number of aliphatic hydroxyl groups excluding tert-OH is 4. The van der Waals surface area contributed by atoms with Gasteiger partial charge in [-0.3, -0.25) is 4.79 Å². The van der Waals surface area contributed by atoms with Gasteiger partial charge in [0, 0.05) is 13.0 Å². The smallest absolute Gasteiger partial charge is 0.306 e. The Hall–Kier alpha value is -1.85. The van der Waals surface area contributed by atoms with Crippen LogP contribution in [-0.4, -0.2) is 89.6 Å². The molecule has 0 spiro atoms. The predicted molar refractivity (Wildman–Crippen MR) is 265 cm³/mol. The van der Waals surface area contributed by atoms with Crippen molar-refractivity contribution >= 4 is 5.97 Å². The van der Waals surface area contributed by atoms with Gasteiger partial charge in [0.05, 0.1) is 19.8 Å². The Bertz CT molecular complexity index is 1120. The van der Waals surface area contributed by atoms with Gasteiger partial charge in [-0.15, -0.1) is 0 Å². The third kappa shape index (κ3) is 36.3. The fraction of sp³-hybridized carbons (Fsp3) is 0.836. The number of ether oxygens (including phenoxy) is 4. The van der Waals surface area contributed by atoms with Crippen LogP contribution in [-0.2, 0) is 23.7 Å².